The molecule has 4 nitrogen and oxygen atoms in total. The van der Waals surface area contributed by atoms with Crippen LogP contribution in [0.3, 0.4) is 0 Å². The minimum absolute atomic E-state index is 0.0544. The minimum Gasteiger partial charge on any atom is -0.491 e. The van der Waals surface area contributed by atoms with Crippen LogP contribution in [0.5, 0.6) is 5.75 Å². The highest BCUT2D eigenvalue weighted by Gasteiger charge is 2.25. The summed E-state index contributed by atoms with van der Waals surface area (Å²) in [5.74, 6) is 0.977. The lowest BCUT2D eigenvalue weighted by molar-refractivity contribution is -0.114. The Labute approximate surface area is 136 Å². The summed E-state index contributed by atoms with van der Waals surface area (Å²) in [5.41, 5.74) is 5.73. The van der Waals surface area contributed by atoms with Crippen molar-refractivity contribution in [1.82, 2.24) is 5.32 Å². The Morgan fingerprint density at radius 3 is 2.61 bits per heavy atom. The quantitative estimate of drug-likeness (QED) is 0.909. The Morgan fingerprint density at radius 1 is 1.17 bits per heavy atom. The third-order valence-corrected chi connectivity index (χ3v) is 4.30. The van der Waals surface area contributed by atoms with Gasteiger partial charge < -0.3 is 15.4 Å². The fourth-order valence-electron chi connectivity index (χ4n) is 2.85. The van der Waals surface area contributed by atoms with Crippen molar-refractivity contribution in [3.8, 4) is 5.75 Å². The molecule has 0 saturated heterocycles. The molecule has 0 spiro atoms. The van der Waals surface area contributed by atoms with Crippen molar-refractivity contribution in [2.75, 3.05) is 11.9 Å². The molecule has 0 radical (unpaired) electrons. The van der Waals surface area contributed by atoms with Crippen LogP contribution >= 0.6 is 0 Å². The normalized spacial score (nSPS) is 15.9. The molecule has 2 aromatic carbocycles. The maximum atomic E-state index is 11.0. The molecule has 120 valence electrons. The van der Waals surface area contributed by atoms with Gasteiger partial charge in [0.05, 0.1) is 6.04 Å². The van der Waals surface area contributed by atoms with Crippen molar-refractivity contribution in [3.05, 3.63) is 58.7 Å². The summed E-state index contributed by atoms with van der Waals surface area (Å²) in [7, 11) is 0. The van der Waals surface area contributed by atoms with Crippen LogP contribution in [0.1, 0.15) is 35.2 Å². The smallest absolute Gasteiger partial charge is 0.221 e. The number of aryl methyl sites for hydroxylation is 1. The number of anilines is 1. The van der Waals surface area contributed by atoms with Gasteiger partial charge in [-0.25, -0.2) is 0 Å². The van der Waals surface area contributed by atoms with Crippen LogP contribution in [0.4, 0.5) is 5.69 Å². The molecular formula is C19H22N2O2. The first-order valence-electron chi connectivity index (χ1n) is 7.87. The summed E-state index contributed by atoms with van der Waals surface area (Å²) >= 11 is 0. The van der Waals surface area contributed by atoms with E-state index in [2.05, 4.69) is 36.6 Å². The molecule has 0 aliphatic carbocycles. The highest BCUT2D eigenvalue weighted by atomic mass is 16.5. The zero-order chi connectivity index (χ0) is 16.4. The number of ether oxygens (including phenoxy) is 1. The van der Waals surface area contributed by atoms with E-state index in [4.69, 9.17) is 4.74 Å². The molecule has 1 amide bonds. The molecule has 0 bridgehead atoms. The number of rotatable bonds is 4. The summed E-state index contributed by atoms with van der Waals surface area (Å²) in [5, 5.41) is 6.32. The number of benzene rings is 2. The van der Waals surface area contributed by atoms with Gasteiger partial charge in [0.2, 0.25) is 5.91 Å². The lowest BCUT2D eigenvalue weighted by Crippen LogP contribution is -2.22. The second-order valence-electron chi connectivity index (χ2n) is 6.05. The minimum atomic E-state index is -0.0544. The van der Waals surface area contributed by atoms with Crippen LogP contribution in [0.2, 0.25) is 0 Å². The number of fused-ring (bicyclic) bond motifs is 1. The molecule has 0 unspecified atom stereocenters. The van der Waals surface area contributed by atoms with Crippen LogP contribution in [-0.4, -0.2) is 12.5 Å². The lowest BCUT2D eigenvalue weighted by Gasteiger charge is -2.13. The van der Waals surface area contributed by atoms with Gasteiger partial charge in [-0.1, -0.05) is 24.3 Å². The third-order valence-electron chi connectivity index (χ3n) is 4.30. The SMILES string of the molecule is CC(=O)Nc1ccc(CN[C@@H]2COc3c2ccc(C)c3C)cc1. The third kappa shape index (κ3) is 3.37. The zero-order valence-electron chi connectivity index (χ0n) is 13.8. The van der Waals surface area contributed by atoms with Gasteiger partial charge >= 0.3 is 0 Å². The molecule has 0 fully saturated rings. The largest absolute Gasteiger partial charge is 0.491 e. The van der Waals surface area contributed by atoms with Gasteiger partial charge in [0, 0.05) is 24.7 Å². The van der Waals surface area contributed by atoms with E-state index >= 15 is 0 Å². The average Bonchev–Trinajstić information content (AvgIpc) is 2.93. The molecule has 1 atom stereocenters. The van der Waals surface area contributed by atoms with Crippen molar-refractivity contribution in [2.45, 2.75) is 33.4 Å². The highest BCUT2D eigenvalue weighted by Crippen LogP contribution is 2.36. The van der Waals surface area contributed by atoms with E-state index in [-0.39, 0.29) is 11.9 Å². The van der Waals surface area contributed by atoms with E-state index in [9.17, 15) is 4.79 Å². The number of nitrogens with one attached hydrogen (secondary N) is 2. The molecular weight excluding hydrogens is 288 g/mol. The fourth-order valence-corrected chi connectivity index (χ4v) is 2.85. The summed E-state index contributed by atoms with van der Waals surface area (Å²) in [6.45, 7) is 7.16. The molecule has 0 saturated carbocycles. The Hall–Kier alpha value is -2.33. The van der Waals surface area contributed by atoms with Crippen LogP contribution in [0, 0.1) is 13.8 Å². The van der Waals surface area contributed by atoms with Gasteiger partial charge in [-0.2, -0.15) is 0 Å². The molecule has 1 aliphatic heterocycles. The standard InChI is InChI=1S/C19H22N2O2/c1-12-4-9-17-18(11-23-19(17)13(12)2)20-10-15-5-7-16(8-6-15)21-14(3)22/h4-9,18,20H,10-11H2,1-3H3,(H,21,22)/t18-/m1/s1. The number of hydrogen-bond acceptors (Lipinski definition) is 3. The first-order valence-corrected chi connectivity index (χ1v) is 7.87. The maximum absolute atomic E-state index is 11.0. The van der Waals surface area contributed by atoms with E-state index in [0.717, 1.165) is 18.0 Å². The molecule has 3 rings (SSSR count). The first-order chi connectivity index (χ1) is 11.0. The van der Waals surface area contributed by atoms with Crippen LogP contribution in [0.15, 0.2) is 36.4 Å². The average molecular weight is 310 g/mol. The fraction of sp³-hybridized carbons (Fsp3) is 0.316. The first kappa shape index (κ1) is 15.6. The summed E-state index contributed by atoms with van der Waals surface area (Å²) < 4.78 is 5.86. The maximum Gasteiger partial charge on any atom is 0.221 e. The van der Waals surface area contributed by atoms with Gasteiger partial charge in [-0.05, 0) is 42.7 Å². The van der Waals surface area contributed by atoms with E-state index in [1.54, 1.807) is 0 Å². The van der Waals surface area contributed by atoms with Crippen LogP contribution < -0.4 is 15.4 Å². The molecule has 0 aromatic heterocycles. The van der Waals surface area contributed by atoms with Gasteiger partial charge in [0.15, 0.2) is 0 Å². The topological polar surface area (TPSA) is 50.4 Å². The van der Waals surface area contributed by atoms with E-state index in [1.165, 1.54) is 29.2 Å². The van der Waals surface area contributed by atoms with Crippen molar-refractivity contribution < 1.29 is 9.53 Å². The molecule has 23 heavy (non-hydrogen) atoms. The van der Waals surface area contributed by atoms with Gasteiger partial charge in [0.25, 0.3) is 0 Å². The Morgan fingerprint density at radius 2 is 1.91 bits per heavy atom. The highest BCUT2D eigenvalue weighted by molar-refractivity contribution is 5.88. The van der Waals surface area contributed by atoms with Crippen molar-refractivity contribution >= 4 is 11.6 Å². The number of carbonyl (C=O) groups is 1. The van der Waals surface area contributed by atoms with Crippen LogP contribution in [-0.2, 0) is 11.3 Å². The van der Waals surface area contributed by atoms with E-state index in [1.807, 2.05) is 24.3 Å². The van der Waals surface area contributed by atoms with E-state index < -0.39 is 0 Å². The van der Waals surface area contributed by atoms with Gasteiger partial charge in [-0.15, -0.1) is 0 Å². The predicted octanol–water partition coefficient (Wildman–Crippen LogP) is 3.49. The number of carbonyl (C=O) groups excluding carboxylic acids is 1. The second-order valence-corrected chi connectivity index (χ2v) is 6.05. The Balaban J connectivity index is 1.64. The van der Waals surface area contributed by atoms with E-state index in [0.29, 0.717) is 6.61 Å². The zero-order valence-corrected chi connectivity index (χ0v) is 13.8. The summed E-state index contributed by atoms with van der Waals surface area (Å²) in [6, 6.07) is 12.4. The lowest BCUT2D eigenvalue weighted by atomic mass is 10.0. The molecule has 2 aromatic rings. The molecule has 1 aliphatic rings. The monoisotopic (exact) mass is 310 g/mol. The Bertz CT molecular complexity index is 723. The van der Waals surface area contributed by atoms with Crippen molar-refractivity contribution in [1.29, 1.82) is 0 Å². The number of hydrogen-bond donors (Lipinski definition) is 2. The predicted molar refractivity (Wildman–Crippen MR) is 91.7 cm³/mol. The Kier molecular flexibility index (Phi) is 4.35. The molecule has 2 N–H and O–H groups in total. The van der Waals surface area contributed by atoms with Gasteiger partial charge in [0.1, 0.15) is 12.4 Å². The van der Waals surface area contributed by atoms with Gasteiger partial charge in [-0.3, -0.25) is 4.79 Å². The summed E-state index contributed by atoms with van der Waals surface area (Å²) in [6.07, 6.45) is 0. The molecule has 1 heterocycles. The van der Waals surface area contributed by atoms with Crippen molar-refractivity contribution in [3.63, 3.8) is 0 Å². The van der Waals surface area contributed by atoms with Crippen LogP contribution in [0.25, 0.3) is 0 Å². The van der Waals surface area contributed by atoms with Crippen molar-refractivity contribution in [2.24, 2.45) is 0 Å². The summed E-state index contributed by atoms with van der Waals surface area (Å²) in [4.78, 5) is 11.0. The number of amides is 1. The molecule has 4 heteroatoms. The second kappa shape index (κ2) is 6.42.